The third kappa shape index (κ3) is 6.28. The number of benzene rings is 1. The highest BCUT2D eigenvalue weighted by molar-refractivity contribution is 7.89. The van der Waals surface area contributed by atoms with Gasteiger partial charge in [-0.25, -0.2) is 18.1 Å². The second-order valence-electron chi connectivity index (χ2n) is 8.88. The third-order valence-corrected chi connectivity index (χ3v) is 7.69. The van der Waals surface area contributed by atoms with Gasteiger partial charge < -0.3 is 4.74 Å². The van der Waals surface area contributed by atoms with Crippen LogP contribution in [0.4, 0.5) is 5.13 Å². The number of nitrogens with one attached hydrogen (secondary N) is 2. The molecule has 2 N–H and O–H groups in total. The van der Waals surface area contributed by atoms with E-state index in [1.165, 1.54) is 43.1 Å². The smallest absolute Gasteiger partial charge is 0.257 e. The van der Waals surface area contributed by atoms with E-state index in [1.807, 2.05) is 5.38 Å². The molecule has 2 aromatic rings. The number of anilines is 1. The molecular weight excluding hydrogens is 448 g/mol. The van der Waals surface area contributed by atoms with Crippen LogP contribution in [0.15, 0.2) is 28.5 Å². The number of methoxy groups -OCH3 is 1. The van der Waals surface area contributed by atoms with Gasteiger partial charge >= 0.3 is 0 Å². The summed E-state index contributed by atoms with van der Waals surface area (Å²) >= 11 is 1.36. The Bertz CT molecular complexity index is 1040. The molecule has 0 spiro atoms. The summed E-state index contributed by atoms with van der Waals surface area (Å²) in [6.07, 6.45) is 1.25. The van der Waals surface area contributed by atoms with E-state index in [0.29, 0.717) is 17.0 Å². The fourth-order valence-electron chi connectivity index (χ4n) is 4.16. The minimum absolute atomic E-state index is 0.0745. The Kier molecular flexibility index (Phi) is 7.92. The summed E-state index contributed by atoms with van der Waals surface area (Å²) in [5.41, 5.74) is 1.14. The molecule has 176 valence electrons. The van der Waals surface area contributed by atoms with E-state index in [9.17, 15) is 13.2 Å². The van der Waals surface area contributed by atoms with Crippen LogP contribution in [0.2, 0.25) is 0 Å². The molecule has 1 aromatic heterocycles. The zero-order valence-electron chi connectivity index (χ0n) is 19.2. The van der Waals surface area contributed by atoms with Gasteiger partial charge in [0.1, 0.15) is 10.6 Å². The number of hydrogen-bond acceptors (Lipinski definition) is 7. The summed E-state index contributed by atoms with van der Waals surface area (Å²) in [5, 5.41) is 5.23. The van der Waals surface area contributed by atoms with Crippen LogP contribution in [-0.2, 0) is 16.6 Å². The second-order valence-corrected chi connectivity index (χ2v) is 11.4. The minimum Gasteiger partial charge on any atom is -0.495 e. The number of carbonyl (C=O) groups is 1. The largest absolute Gasteiger partial charge is 0.495 e. The molecule has 1 amide bonds. The molecule has 8 nitrogen and oxygen atoms in total. The van der Waals surface area contributed by atoms with Crippen molar-refractivity contribution in [2.75, 3.05) is 25.5 Å². The van der Waals surface area contributed by atoms with Crippen molar-refractivity contribution >= 4 is 32.4 Å². The van der Waals surface area contributed by atoms with Crippen LogP contribution in [0.1, 0.15) is 50.2 Å². The topological polar surface area (TPSA) is 101 Å². The number of ether oxygens (including phenoxy) is 1. The van der Waals surface area contributed by atoms with E-state index >= 15 is 0 Å². The first-order chi connectivity index (χ1) is 15.1. The summed E-state index contributed by atoms with van der Waals surface area (Å²) in [6, 6.07) is 4.05. The molecule has 2 unspecified atom stereocenters. The Hall–Kier alpha value is -2.01. The van der Waals surface area contributed by atoms with Crippen LogP contribution in [0.25, 0.3) is 0 Å². The van der Waals surface area contributed by atoms with Gasteiger partial charge in [0.15, 0.2) is 5.13 Å². The summed E-state index contributed by atoms with van der Waals surface area (Å²) in [7, 11) is -2.43. The van der Waals surface area contributed by atoms with Gasteiger partial charge in [0, 0.05) is 36.6 Å². The molecule has 10 heteroatoms. The van der Waals surface area contributed by atoms with Crippen molar-refractivity contribution in [2.45, 2.75) is 51.6 Å². The third-order valence-electron chi connectivity index (χ3n) is 5.21. The standard InChI is InChI=1S/C22H32N4O4S2/c1-14(2)25-32(28,29)20-9-17(6-7-19(20)30-5)21(27)24-22-23-18(13-31-22)12-26-10-15(3)8-16(4)11-26/h6-7,9,13-16,25H,8,10-12H2,1-5H3,(H,23,24,27). The molecule has 1 saturated heterocycles. The molecule has 3 rings (SSSR count). The average molecular weight is 481 g/mol. The van der Waals surface area contributed by atoms with Crippen LogP contribution in [-0.4, -0.2) is 50.5 Å². The molecule has 1 aromatic carbocycles. The Balaban J connectivity index is 1.72. The quantitative estimate of drug-likeness (QED) is 0.599. The van der Waals surface area contributed by atoms with Gasteiger partial charge in [-0.05, 0) is 50.3 Å². The molecule has 32 heavy (non-hydrogen) atoms. The highest BCUT2D eigenvalue weighted by atomic mass is 32.2. The van der Waals surface area contributed by atoms with E-state index < -0.39 is 15.9 Å². The molecule has 1 aliphatic rings. The highest BCUT2D eigenvalue weighted by Gasteiger charge is 2.24. The maximum absolute atomic E-state index is 12.8. The maximum atomic E-state index is 12.8. The van der Waals surface area contributed by atoms with Gasteiger partial charge in [0.05, 0.1) is 12.8 Å². The fourth-order valence-corrected chi connectivity index (χ4v) is 6.30. The Morgan fingerprint density at radius 2 is 1.97 bits per heavy atom. The van der Waals surface area contributed by atoms with Gasteiger partial charge in [0.25, 0.3) is 5.91 Å². The molecule has 1 fully saturated rings. The molecule has 0 aliphatic carbocycles. The van der Waals surface area contributed by atoms with Gasteiger partial charge in [0.2, 0.25) is 10.0 Å². The van der Waals surface area contributed by atoms with Crippen molar-refractivity contribution in [3.8, 4) is 5.75 Å². The molecule has 0 saturated carbocycles. The Morgan fingerprint density at radius 3 is 2.59 bits per heavy atom. The number of nitrogens with zero attached hydrogens (tertiary/aromatic N) is 2. The predicted octanol–water partition coefficient (Wildman–Crippen LogP) is 3.57. The number of carbonyl (C=O) groups excluding carboxylic acids is 1. The number of aromatic nitrogens is 1. The predicted molar refractivity (Wildman–Crippen MR) is 127 cm³/mol. The molecular formula is C22H32N4O4S2. The number of likely N-dealkylation sites (tertiary alicyclic amines) is 1. The zero-order valence-corrected chi connectivity index (χ0v) is 20.8. The lowest BCUT2D eigenvalue weighted by Crippen LogP contribution is -2.38. The van der Waals surface area contributed by atoms with Crippen LogP contribution < -0.4 is 14.8 Å². The zero-order chi connectivity index (χ0) is 23.5. The first kappa shape index (κ1) is 24.6. The average Bonchev–Trinajstić information content (AvgIpc) is 3.12. The summed E-state index contributed by atoms with van der Waals surface area (Å²) in [4.78, 5) is 19.7. The number of thiazole rings is 1. The molecule has 0 radical (unpaired) electrons. The van der Waals surface area contributed by atoms with E-state index in [2.05, 4.69) is 33.8 Å². The van der Waals surface area contributed by atoms with E-state index in [-0.39, 0.29) is 22.3 Å². The molecule has 1 aliphatic heterocycles. The van der Waals surface area contributed by atoms with Gasteiger partial charge in [-0.2, -0.15) is 0 Å². The number of sulfonamides is 1. The number of hydrogen-bond donors (Lipinski definition) is 2. The Morgan fingerprint density at radius 1 is 1.28 bits per heavy atom. The van der Waals surface area contributed by atoms with Crippen LogP contribution >= 0.6 is 11.3 Å². The monoisotopic (exact) mass is 480 g/mol. The first-order valence-electron chi connectivity index (χ1n) is 10.8. The van der Waals surface area contributed by atoms with Gasteiger partial charge in [-0.3, -0.25) is 15.0 Å². The van der Waals surface area contributed by atoms with Crippen molar-refractivity contribution in [3.63, 3.8) is 0 Å². The van der Waals surface area contributed by atoms with Crippen LogP contribution in [0.5, 0.6) is 5.75 Å². The molecule has 2 heterocycles. The normalized spacial score (nSPS) is 19.8. The van der Waals surface area contributed by atoms with Crippen LogP contribution in [0, 0.1) is 11.8 Å². The minimum atomic E-state index is -3.83. The lowest BCUT2D eigenvalue weighted by molar-refractivity contribution is 0.102. The lowest BCUT2D eigenvalue weighted by atomic mass is 9.92. The number of amides is 1. The first-order valence-corrected chi connectivity index (χ1v) is 13.1. The van der Waals surface area contributed by atoms with E-state index in [4.69, 9.17) is 4.74 Å². The van der Waals surface area contributed by atoms with Gasteiger partial charge in [-0.1, -0.05) is 13.8 Å². The number of rotatable bonds is 8. The number of piperidine rings is 1. The van der Waals surface area contributed by atoms with E-state index in [1.54, 1.807) is 13.8 Å². The van der Waals surface area contributed by atoms with Crippen molar-refractivity contribution in [1.82, 2.24) is 14.6 Å². The summed E-state index contributed by atoms with van der Waals surface area (Å²) in [5.74, 6) is 1.09. The van der Waals surface area contributed by atoms with E-state index in [0.717, 1.165) is 25.3 Å². The second kappa shape index (κ2) is 10.3. The maximum Gasteiger partial charge on any atom is 0.257 e. The SMILES string of the molecule is COc1ccc(C(=O)Nc2nc(CN3CC(C)CC(C)C3)cs2)cc1S(=O)(=O)NC(C)C. The molecule has 0 bridgehead atoms. The van der Waals surface area contributed by atoms with Crippen LogP contribution in [0.3, 0.4) is 0 Å². The van der Waals surface area contributed by atoms with Crippen molar-refractivity contribution in [1.29, 1.82) is 0 Å². The highest BCUT2D eigenvalue weighted by Crippen LogP contribution is 2.27. The summed E-state index contributed by atoms with van der Waals surface area (Å²) < 4.78 is 33.0. The fraction of sp³-hybridized carbons (Fsp3) is 0.545. The Labute approximate surface area is 194 Å². The molecule has 2 atom stereocenters. The van der Waals surface area contributed by atoms with Crippen molar-refractivity contribution in [3.05, 3.63) is 34.8 Å². The van der Waals surface area contributed by atoms with Gasteiger partial charge in [-0.15, -0.1) is 11.3 Å². The lowest BCUT2D eigenvalue weighted by Gasteiger charge is -2.34. The van der Waals surface area contributed by atoms with Crippen molar-refractivity contribution < 1.29 is 17.9 Å². The summed E-state index contributed by atoms with van der Waals surface area (Å²) in [6.45, 7) is 10.9. The van der Waals surface area contributed by atoms with Crippen molar-refractivity contribution in [2.24, 2.45) is 11.8 Å².